The van der Waals surface area contributed by atoms with E-state index in [1.807, 2.05) is 6.07 Å². The van der Waals surface area contributed by atoms with Crippen molar-refractivity contribution >= 4 is 17.2 Å². The Labute approximate surface area is 112 Å². The van der Waals surface area contributed by atoms with E-state index in [0.717, 1.165) is 18.3 Å². The van der Waals surface area contributed by atoms with E-state index in [1.165, 1.54) is 11.4 Å². The van der Waals surface area contributed by atoms with Crippen LogP contribution < -0.4 is 5.32 Å². The van der Waals surface area contributed by atoms with Gasteiger partial charge < -0.3 is 5.32 Å². The average molecular weight is 288 g/mol. The fraction of sp³-hybridized carbons (Fsp3) is 0.500. The molecule has 1 N–H and O–H groups in total. The number of carbonyl (C=O) groups is 1. The van der Waals surface area contributed by atoms with Gasteiger partial charge in [0.1, 0.15) is 11.6 Å². The van der Waals surface area contributed by atoms with Crippen LogP contribution >= 0.6 is 11.3 Å². The third-order valence-corrected chi connectivity index (χ3v) is 4.24. The predicted molar refractivity (Wildman–Crippen MR) is 63.7 cm³/mol. The number of nitrogens with one attached hydrogen (secondary N) is 1. The summed E-state index contributed by atoms with van der Waals surface area (Å²) in [5, 5.41) is 12.2. The number of amides is 1. The maximum absolute atomic E-state index is 13.1. The molecule has 1 aliphatic carbocycles. The van der Waals surface area contributed by atoms with Crippen LogP contribution in [-0.2, 0) is 0 Å². The molecule has 1 unspecified atom stereocenters. The van der Waals surface area contributed by atoms with Crippen molar-refractivity contribution in [1.29, 1.82) is 5.26 Å². The number of rotatable bonds is 3. The van der Waals surface area contributed by atoms with Gasteiger partial charge in [-0.15, -0.1) is 11.3 Å². The van der Waals surface area contributed by atoms with Gasteiger partial charge in [-0.2, -0.15) is 18.4 Å². The Balaban J connectivity index is 2.19. The number of carbonyl (C=O) groups excluding carboxylic acids is 1. The van der Waals surface area contributed by atoms with Crippen molar-refractivity contribution in [1.82, 2.24) is 5.32 Å². The lowest BCUT2D eigenvalue weighted by atomic mass is 9.95. The zero-order valence-corrected chi connectivity index (χ0v) is 10.9. The molecule has 0 radical (unpaired) electrons. The summed E-state index contributed by atoms with van der Waals surface area (Å²) in [4.78, 5) is 12.0. The van der Waals surface area contributed by atoms with Crippen LogP contribution in [0, 0.1) is 17.2 Å². The summed E-state index contributed by atoms with van der Waals surface area (Å²) >= 11 is 0.964. The summed E-state index contributed by atoms with van der Waals surface area (Å²) in [6.07, 6.45) is -3.56. The number of nitriles is 1. The minimum Gasteiger partial charge on any atom is -0.337 e. The number of thiophene rings is 1. The summed E-state index contributed by atoms with van der Waals surface area (Å²) < 4.78 is 39.2. The van der Waals surface area contributed by atoms with Crippen LogP contribution in [0.3, 0.4) is 0 Å². The first-order valence-corrected chi connectivity index (χ1v) is 6.54. The molecule has 1 amide bonds. The number of halogens is 3. The fourth-order valence-corrected chi connectivity index (χ4v) is 2.60. The van der Waals surface area contributed by atoms with E-state index in [-0.39, 0.29) is 10.4 Å². The molecule has 1 aromatic rings. The average Bonchev–Trinajstić information content (AvgIpc) is 3.06. The third-order valence-electron chi connectivity index (χ3n) is 3.31. The van der Waals surface area contributed by atoms with Gasteiger partial charge in [0.05, 0.1) is 10.4 Å². The Morgan fingerprint density at radius 3 is 2.58 bits per heavy atom. The highest BCUT2D eigenvalue weighted by Crippen LogP contribution is 2.48. The van der Waals surface area contributed by atoms with Crippen LogP contribution in [0.1, 0.15) is 35.0 Å². The zero-order chi connectivity index (χ0) is 14.3. The first kappa shape index (κ1) is 13.9. The highest BCUT2D eigenvalue weighted by molar-refractivity contribution is 7.12. The second kappa shape index (κ2) is 4.53. The largest absolute Gasteiger partial charge is 0.411 e. The van der Waals surface area contributed by atoms with Crippen LogP contribution in [0.25, 0.3) is 0 Å². The molecule has 1 fully saturated rings. The molecule has 0 aliphatic heterocycles. The zero-order valence-electron chi connectivity index (χ0n) is 10.0. The van der Waals surface area contributed by atoms with Gasteiger partial charge >= 0.3 is 6.18 Å². The smallest absolute Gasteiger partial charge is 0.337 e. The van der Waals surface area contributed by atoms with Gasteiger partial charge in [-0.25, -0.2) is 0 Å². The maximum Gasteiger partial charge on any atom is 0.411 e. The van der Waals surface area contributed by atoms with Gasteiger partial charge in [-0.1, -0.05) is 0 Å². The third kappa shape index (κ3) is 2.59. The minimum atomic E-state index is -4.49. The Morgan fingerprint density at radius 2 is 2.16 bits per heavy atom. The van der Waals surface area contributed by atoms with Crippen LogP contribution in [-0.4, -0.2) is 17.6 Å². The summed E-state index contributed by atoms with van der Waals surface area (Å²) in [5.41, 5.74) is -1.92. The van der Waals surface area contributed by atoms with Gasteiger partial charge in [0.25, 0.3) is 5.91 Å². The predicted octanol–water partition coefficient (Wildman–Crippen LogP) is 3.08. The van der Waals surface area contributed by atoms with E-state index in [4.69, 9.17) is 5.26 Å². The number of hydrogen-bond acceptors (Lipinski definition) is 3. The lowest BCUT2D eigenvalue weighted by molar-refractivity contribution is -0.194. The molecule has 0 aromatic carbocycles. The van der Waals surface area contributed by atoms with E-state index in [0.29, 0.717) is 12.8 Å². The van der Waals surface area contributed by atoms with Gasteiger partial charge in [-0.05, 0) is 31.7 Å². The summed E-state index contributed by atoms with van der Waals surface area (Å²) in [5.74, 6) is -1.34. The van der Waals surface area contributed by atoms with Crippen molar-refractivity contribution < 1.29 is 18.0 Å². The summed E-state index contributed by atoms with van der Waals surface area (Å²) in [6.45, 7) is 1.02. The van der Waals surface area contributed by atoms with Crippen molar-refractivity contribution in [2.24, 2.45) is 5.92 Å². The van der Waals surface area contributed by atoms with E-state index < -0.39 is 23.5 Å². The van der Waals surface area contributed by atoms with E-state index in [2.05, 4.69) is 5.32 Å². The molecule has 3 nitrogen and oxygen atoms in total. The first-order chi connectivity index (χ1) is 8.78. The molecule has 1 atom stereocenters. The molecule has 19 heavy (non-hydrogen) atoms. The van der Waals surface area contributed by atoms with Crippen LogP contribution in [0.15, 0.2) is 11.4 Å². The molecular weight excluding hydrogens is 277 g/mol. The van der Waals surface area contributed by atoms with Crippen molar-refractivity contribution in [2.75, 3.05) is 0 Å². The molecule has 1 heterocycles. The van der Waals surface area contributed by atoms with Crippen molar-refractivity contribution in [3.63, 3.8) is 0 Å². The molecule has 2 rings (SSSR count). The Kier molecular flexibility index (Phi) is 3.31. The molecule has 0 spiro atoms. The van der Waals surface area contributed by atoms with Crippen LogP contribution in [0.4, 0.5) is 13.2 Å². The molecule has 7 heteroatoms. The number of hydrogen-bond donors (Lipinski definition) is 1. The summed E-state index contributed by atoms with van der Waals surface area (Å²) in [6, 6.07) is 3.13. The monoisotopic (exact) mass is 288 g/mol. The van der Waals surface area contributed by atoms with Crippen molar-refractivity contribution in [2.45, 2.75) is 31.5 Å². The minimum absolute atomic E-state index is 0.118. The van der Waals surface area contributed by atoms with E-state index >= 15 is 0 Å². The lowest BCUT2D eigenvalue weighted by Gasteiger charge is -2.33. The highest BCUT2D eigenvalue weighted by Gasteiger charge is 2.60. The summed E-state index contributed by atoms with van der Waals surface area (Å²) in [7, 11) is 0. The Hall–Kier alpha value is -1.55. The standard InChI is InChI=1S/C12H11F3N2OS/c1-11(8-2-3-8,12(13,14)15)17-10(18)9-4-7(5-16)6-19-9/h4,6,8H,2-3H2,1H3,(H,17,18). The normalized spacial score (nSPS) is 18.5. The number of nitrogens with zero attached hydrogens (tertiary/aromatic N) is 1. The fourth-order valence-electron chi connectivity index (χ4n) is 1.88. The highest BCUT2D eigenvalue weighted by atomic mass is 32.1. The molecular formula is C12H11F3N2OS. The topological polar surface area (TPSA) is 52.9 Å². The van der Waals surface area contributed by atoms with Crippen LogP contribution in [0.2, 0.25) is 0 Å². The van der Waals surface area contributed by atoms with Crippen molar-refractivity contribution in [3.8, 4) is 6.07 Å². The maximum atomic E-state index is 13.1. The van der Waals surface area contributed by atoms with Crippen LogP contribution in [0.5, 0.6) is 0 Å². The molecule has 102 valence electrons. The SMILES string of the molecule is CC(NC(=O)c1cc(C#N)cs1)(C1CC1)C(F)(F)F. The second-order valence-corrected chi connectivity index (χ2v) is 5.65. The van der Waals surface area contributed by atoms with Crippen molar-refractivity contribution in [3.05, 3.63) is 21.9 Å². The van der Waals surface area contributed by atoms with Gasteiger partial charge in [0.2, 0.25) is 0 Å². The molecule has 1 aromatic heterocycles. The molecule has 1 aliphatic rings. The van der Waals surface area contributed by atoms with Gasteiger partial charge in [0, 0.05) is 5.38 Å². The second-order valence-electron chi connectivity index (χ2n) is 4.74. The molecule has 0 saturated heterocycles. The number of alkyl halides is 3. The molecule has 0 bridgehead atoms. The van der Waals surface area contributed by atoms with E-state index in [1.54, 1.807) is 0 Å². The Morgan fingerprint density at radius 1 is 1.53 bits per heavy atom. The Bertz CT molecular complexity index is 542. The lowest BCUT2D eigenvalue weighted by Crippen LogP contribution is -2.58. The van der Waals surface area contributed by atoms with Gasteiger partial charge in [0.15, 0.2) is 0 Å². The van der Waals surface area contributed by atoms with E-state index in [9.17, 15) is 18.0 Å². The van der Waals surface area contributed by atoms with Gasteiger partial charge in [-0.3, -0.25) is 4.79 Å². The first-order valence-electron chi connectivity index (χ1n) is 5.66. The quantitative estimate of drug-likeness (QED) is 0.929. The molecule has 1 saturated carbocycles.